The first-order chi connectivity index (χ1) is 12.2. The number of halogens is 2. The van der Waals surface area contributed by atoms with E-state index in [2.05, 4.69) is 29.3 Å². The fourth-order valence-electron chi connectivity index (χ4n) is 2.88. The molecule has 6 heteroatoms. The van der Waals surface area contributed by atoms with Gasteiger partial charge in [0.2, 0.25) is 0 Å². The van der Waals surface area contributed by atoms with Gasteiger partial charge in [0.15, 0.2) is 11.6 Å². The Balaban J connectivity index is 1.65. The van der Waals surface area contributed by atoms with Gasteiger partial charge in [0.05, 0.1) is 5.16 Å². The van der Waals surface area contributed by atoms with Crippen LogP contribution >= 0.6 is 34.9 Å². The van der Waals surface area contributed by atoms with Crippen LogP contribution < -0.4 is 0 Å². The predicted octanol–water partition coefficient (Wildman–Crippen LogP) is 7.42. The van der Waals surface area contributed by atoms with Gasteiger partial charge in [0, 0.05) is 19.5 Å². The second-order valence-electron chi connectivity index (χ2n) is 5.99. The molecular weight excluding hydrogens is 376 g/mol. The highest BCUT2D eigenvalue weighted by atomic mass is 32.1. The van der Waals surface area contributed by atoms with Gasteiger partial charge in [-0.15, -0.1) is 22.7 Å². The molecule has 3 aromatic rings. The molecule has 0 N–H and O–H groups in total. The number of nitrogens with zero attached hydrogens (tertiary/aromatic N) is 1. The molecule has 1 aromatic carbocycles. The molecule has 0 amide bonds. The van der Waals surface area contributed by atoms with Crippen molar-refractivity contribution in [3.63, 3.8) is 0 Å². The lowest BCUT2D eigenvalue weighted by Gasteiger charge is -2.23. The van der Waals surface area contributed by atoms with E-state index >= 15 is 0 Å². The lowest BCUT2D eigenvalue weighted by molar-refractivity contribution is 0.426. The zero-order chi connectivity index (χ0) is 17.4. The second-order valence-corrected chi connectivity index (χ2v) is 8.37. The highest BCUT2D eigenvalue weighted by molar-refractivity contribution is 7.78. The Hall–Kier alpha value is -1.72. The molecule has 0 radical (unpaired) electrons. The van der Waals surface area contributed by atoms with E-state index in [9.17, 15) is 8.78 Å². The van der Waals surface area contributed by atoms with Crippen molar-refractivity contribution in [1.82, 2.24) is 0 Å². The summed E-state index contributed by atoms with van der Waals surface area (Å²) >= 11 is 7.78. The third kappa shape index (κ3) is 3.23. The van der Waals surface area contributed by atoms with Crippen LogP contribution in [-0.4, -0.2) is 5.16 Å². The third-order valence-electron chi connectivity index (χ3n) is 4.44. The molecule has 0 bridgehead atoms. The Kier molecular flexibility index (Phi) is 4.61. The molecule has 1 saturated carbocycles. The number of hydrogen-bond donors (Lipinski definition) is 0. The fourth-order valence-corrected chi connectivity index (χ4v) is 5.23. The van der Waals surface area contributed by atoms with Crippen LogP contribution in [0.3, 0.4) is 0 Å². The summed E-state index contributed by atoms with van der Waals surface area (Å²) in [7, 11) is 0. The van der Waals surface area contributed by atoms with Crippen LogP contribution in [0.25, 0.3) is 20.2 Å². The average molecular weight is 390 g/mol. The molecule has 1 aliphatic rings. The molecule has 4 rings (SSSR count). The highest BCUT2D eigenvalue weighted by Crippen LogP contribution is 2.44. The SMILES string of the molecule is Fc1cc(-c2ccc(-c3ccc(C4CCC4)s3)s2)cc(F)c1N=C=S. The number of benzene rings is 1. The number of rotatable bonds is 4. The summed E-state index contributed by atoms with van der Waals surface area (Å²) in [6.45, 7) is 0. The van der Waals surface area contributed by atoms with E-state index in [4.69, 9.17) is 0 Å². The van der Waals surface area contributed by atoms with Gasteiger partial charge in [0.25, 0.3) is 0 Å². The van der Waals surface area contributed by atoms with Crippen LogP contribution in [0.2, 0.25) is 0 Å². The maximum absolute atomic E-state index is 14.0. The van der Waals surface area contributed by atoms with Gasteiger partial charge in [-0.3, -0.25) is 0 Å². The van der Waals surface area contributed by atoms with E-state index in [1.54, 1.807) is 0 Å². The van der Waals surface area contributed by atoms with Gasteiger partial charge in [-0.05, 0) is 72.9 Å². The monoisotopic (exact) mass is 389 g/mol. The molecule has 1 aliphatic carbocycles. The Morgan fingerprint density at radius 1 is 0.960 bits per heavy atom. The Labute approximate surface area is 157 Å². The Bertz CT molecular complexity index is 955. The molecule has 2 heterocycles. The van der Waals surface area contributed by atoms with Crippen LogP contribution in [0.4, 0.5) is 14.5 Å². The first-order valence-electron chi connectivity index (χ1n) is 7.93. The number of thiophene rings is 2. The second kappa shape index (κ2) is 6.89. The van der Waals surface area contributed by atoms with Crippen LogP contribution in [0, 0.1) is 11.6 Å². The topological polar surface area (TPSA) is 12.4 Å². The van der Waals surface area contributed by atoms with E-state index in [1.807, 2.05) is 28.6 Å². The minimum Gasteiger partial charge on any atom is -0.204 e. The minimum absolute atomic E-state index is 0.390. The maximum atomic E-state index is 14.0. The first-order valence-corrected chi connectivity index (χ1v) is 9.97. The van der Waals surface area contributed by atoms with Gasteiger partial charge in [-0.25, -0.2) is 8.78 Å². The fraction of sp³-hybridized carbons (Fsp3) is 0.211. The van der Waals surface area contributed by atoms with E-state index in [0.29, 0.717) is 5.56 Å². The van der Waals surface area contributed by atoms with E-state index in [1.165, 1.54) is 52.5 Å². The summed E-state index contributed by atoms with van der Waals surface area (Å²) in [6.07, 6.45) is 3.89. The molecule has 0 aliphatic heterocycles. The van der Waals surface area contributed by atoms with Gasteiger partial charge < -0.3 is 0 Å². The molecule has 1 nitrogen and oxygen atoms in total. The lowest BCUT2D eigenvalue weighted by Crippen LogP contribution is -2.06. The van der Waals surface area contributed by atoms with Crippen molar-refractivity contribution in [2.75, 3.05) is 0 Å². The molecule has 126 valence electrons. The number of hydrogen-bond acceptors (Lipinski definition) is 4. The van der Waals surface area contributed by atoms with Crippen LogP contribution in [0.1, 0.15) is 30.1 Å². The number of isothiocyanates is 1. The van der Waals surface area contributed by atoms with Crippen molar-refractivity contribution in [3.8, 4) is 20.2 Å². The molecule has 25 heavy (non-hydrogen) atoms. The number of thiocarbonyl (C=S) groups is 1. The summed E-state index contributed by atoms with van der Waals surface area (Å²) in [5.74, 6) is -0.743. The molecular formula is C19H13F2NS3. The molecule has 0 unspecified atom stereocenters. The third-order valence-corrected chi connectivity index (χ3v) is 7.11. The van der Waals surface area contributed by atoms with Gasteiger partial charge in [-0.1, -0.05) is 6.42 Å². The van der Waals surface area contributed by atoms with Crippen molar-refractivity contribution in [3.05, 3.63) is 52.9 Å². The standard InChI is InChI=1S/C19H13F2NS3/c20-13-8-12(9-14(21)19(13)22-10-23)16-5-7-18(25-16)17-6-4-15(24-17)11-2-1-3-11/h4-9,11H,1-3H2. The highest BCUT2D eigenvalue weighted by Gasteiger charge is 2.21. The van der Waals surface area contributed by atoms with Crippen molar-refractivity contribution in [1.29, 1.82) is 0 Å². The van der Waals surface area contributed by atoms with E-state index in [0.717, 1.165) is 15.7 Å². The zero-order valence-corrected chi connectivity index (χ0v) is 15.5. The van der Waals surface area contributed by atoms with Crippen LogP contribution in [0.5, 0.6) is 0 Å². The zero-order valence-electron chi connectivity index (χ0n) is 13.1. The van der Waals surface area contributed by atoms with Crippen molar-refractivity contribution in [2.24, 2.45) is 4.99 Å². The van der Waals surface area contributed by atoms with Gasteiger partial charge in [0.1, 0.15) is 5.69 Å². The minimum atomic E-state index is -0.731. The van der Waals surface area contributed by atoms with Gasteiger partial charge in [-0.2, -0.15) is 4.99 Å². The smallest absolute Gasteiger partial charge is 0.153 e. The molecule has 0 atom stereocenters. The van der Waals surface area contributed by atoms with E-state index in [-0.39, 0.29) is 5.69 Å². The first kappa shape index (κ1) is 16.7. The van der Waals surface area contributed by atoms with Crippen molar-refractivity contribution < 1.29 is 8.78 Å². The predicted molar refractivity (Wildman–Crippen MR) is 104 cm³/mol. The lowest BCUT2D eigenvalue weighted by atomic mass is 9.84. The van der Waals surface area contributed by atoms with E-state index < -0.39 is 11.6 Å². The summed E-state index contributed by atoms with van der Waals surface area (Å²) in [4.78, 5) is 8.04. The Morgan fingerprint density at radius 3 is 2.24 bits per heavy atom. The number of aliphatic imine (C=N–C) groups is 1. The summed E-state index contributed by atoms with van der Waals surface area (Å²) < 4.78 is 28.1. The quantitative estimate of drug-likeness (QED) is 0.334. The molecule has 1 fully saturated rings. The summed E-state index contributed by atoms with van der Waals surface area (Å²) in [5, 5.41) is 2.00. The summed E-state index contributed by atoms with van der Waals surface area (Å²) in [6, 6.07) is 10.8. The summed E-state index contributed by atoms with van der Waals surface area (Å²) in [5.41, 5.74) is 0.115. The normalized spacial score (nSPS) is 14.2. The molecule has 0 saturated heterocycles. The van der Waals surface area contributed by atoms with Crippen LogP contribution in [0.15, 0.2) is 41.4 Å². The largest absolute Gasteiger partial charge is 0.204 e. The average Bonchev–Trinajstić information content (AvgIpc) is 3.18. The van der Waals surface area contributed by atoms with Gasteiger partial charge >= 0.3 is 0 Å². The Morgan fingerprint density at radius 2 is 1.60 bits per heavy atom. The molecule has 2 aromatic heterocycles. The van der Waals surface area contributed by atoms with Crippen molar-refractivity contribution >= 4 is 45.7 Å². The van der Waals surface area contributed by atoms with Crippen molar-refractivity contribution in [2.45, 2.75) is 25.2 Å². The molecule has 0 spiro atoms. The maximum Gasteiger partial charge on any atom is 0.153 e. The van der Waals surface area contributed by atoms with Crippen LogP contribution in [-0.2, 0) is 0 Å².